The number of piperidine rings is 1. The van der Waals surface area contributed by atoms with E-state index in [1.54, 1.807) is 18.5 Å². The number of nitrogens with zero attached hydrogens (tertiary/aromatic N) is 3. The van der Waals surface area contributed by atoms with Crippen molar-refractivity contribution in [1.29, 1.82) is 0 Å². The molecule has 1 saturated heterocycles. The standard InChI is InChI=1S/C24H25F2N3O2/c25-20-6-5-19(22(26)13-20)14-24(17-30)9-1-12-29(16-24)15-18-3-7-21(8-4-18)31-23-27-10-2-11-28-23/h2-8,10-11,13,30H,1,9,12,14-17H2/t24-/m0/s1. The lowest BCUT2D eigenvalue weighted by atomic mass is 9.75. The maximum atomic E-state index is 14.2. The minimum Gasteiger partial charge on any atom is -0.424 e. The van der Waals surface area contributed by atoms with Crippen LogP contribution >= 0.6 is 0 Å². The zero-order valence-electron chi connectivity index (χ0n) is 17.2. The van der Waals surface area contributed by atoms with E-state index < -0.39 is 17.0 Å². The Kier molecular flexibility index (Phi) is 6.53. The zero-order chi connectivity index (χ0) is 21.7. The maximum absolute atomic E-state index is 14.2. The summed E-state index contributed by atoms with van der Waals surface area (Å²) in [6.07, 6.45) is 5.35. The van der Waals surface area contributed by atoms with Gasteiger partial charge in [-0.15, -0.1) is 0 Å². The van der Waals surface area contributed by atoms with Gasteiger partial charge in [-0.05, 0) is 61.2 Å². The molecule has 3 aromatic rings. The van der Waals surface area contributed by atoms with Gasteiger partial charge >= 0.3 is 6.01 Å². The molecule has 5 nitrogen and oxygen atoms in total. The number of benzene rings is 2. The summed E-state index contributed by atoms with van der Waals surface area (Å²) in [5.74, 6) is -0.483. The highest BCUT2D eigenvalue weighted by Crippen LogP contribution is 2.35. The highest BCUT2D eigenvalue weighted by Gasteiger charge is 2.35. The van der Waals surface area contributed by atoms with Crippen LogP contribution < -0.4 is 4.74 Å². The van der Waals surface area contributed by atoms with Crippen molar-refractivity contribution in [1.82, 2.24) is 14.9 Å². The van der Waals surface area contributed by atoms with Gasteiger partial charge in [0, 0.05) is 37.0 Å². The van der Waals surface area contributed by atoms with E-state index in [1.807, 2.05) is 24.3 Å². The van der Waals surface area contributed by atoms with Crippen LogP contribution in [-0.2, 0) is 13.0 Å². The molecule has 1 aromatic heterocycles. The number of hydrogen-bond donors (Lipinski definition) is 1. The number of aliphatic hydroxyl groups excluding tert-OH is 1. The normalized spacial score (nSPS) is 19.3. The molecule has 0 radical (unpaired) electrons. The second-order valence-corrected chi connectivity index (χ2v) is 8.16. The van der Waals surface area contributed by atoms with Crippen LogP contribution in [-0.4, -0.2) is 39.7 Å². The van der Waals surface area contributed by atoms with Crippen LogP contribution in [0.4, 0.5) is 8.78 Å². The van der Waals surface area contributed by atoms with E-state index in [1.165, 1.54) is 12.1 Å². The second-order valence-electron chi connectivity index (χ2n) is 8.16. The van der Waals surface area contributed by atoms with Gasteiger partial charge in [0.15, 0.2) is 0 Å². The fraction of sp³-hybridized carbons (Fsp3) is 0.333. The fourth-order valence-corrected chi connectivity index (χ4v) is 4.21. The molecule has 0 saturated carbocycles. The van der Waals surface area contributed by atoms with Crippen molar-refractivity contribution in [3.8, 4) is 11.8 Å². The predicted molar refractivity (Wildman–Crippen MR) is 113 cm³/mol. The van der Waals surface area contributed by atoms with Gasteiger partial charge in [0.25, 0.3) is 0 Å². The average Bonchev–Trinajstić information content (AvgIpc) is 2.78. The topological polar surface area (TPSA) is 58.5 Å². The lowest BCUT2D eigenvalue weighted by Gasteiger charge is -2.42. The van der Waals surface area contributed by atoms with Crippen LogP contribution in [0, 0.1) is 17.0 Å². The molecule has 162 valence electrons. The predicted octanol–water partition coefficient (Wildman–Crippen LogP) is 4.36. The molecule has 7 heteroatoms. The molecule has 2 heterocycles. The highest BCUT2D eigenvalue weighted by atomic mass is 19.1. The molecule has 0 amide bonds. The van der Waals surface area contributed by atoms with Gasteiger partial charge in [0.05, 0.1) is 6.61 Å². The van der Waals surface area contributed by atoms with Crippen molar-refractivity contribution in [3.05, 3.63) is 83.7 Å². The molecular weight excluding hydrogens is 400 g/mol. The molecule has 1 aliphatic rings. The van der Waals surface area contributed by atoms with Crippen molar-refractivity contribution in [2.75, 3.05) is 19.7 Å². The van der Waals surface area contributed by atoms with E-state index in [9.17, 15) is 13.9 Å². The molecule has 1 fully saturated rings. The molecule has 2 aromatic carbocycles. The fourth-order valence-electron chi connectivity index (χ4n) is 4.21. The third-order valence-corrected chi connectivity index (χ3v) is 5.74. The van der Waals surface area contributed by atoms with Crippen molar-refractivity contribution < 1.29 is 18.6 Å². The number of hydrogen-bond acceptors (Lipinski definition) is 5. The zero-order valence-corrected chi connectivity index (χ0v) is 17.2. The van der Waals surface area contributed by atoms with Crippen LogP contribution in [0.1, 0.15) is 24.0 Å². The molecular formula is C24H25F2N3O2. The minimum absolute atomic E-state index is 0.0375. The Morgan fingerprint density at radius 1 is 1.06 bits per heavy atom. The van der Waals surface area contributed by atoms with Crippen molar-refractivity contribution in [3.63, 3.8) is 0 Å². The smallest absolute Gasteiger partial charge is 0.321 e. The third-order valence-electron chi connectivity index (χ3n) is 5.74. The van der Waals surface area contributed by atoms with Crippen LogP contribution in [0.15, 0.2) is 60.9 Å². The molecule has 1 N–H and O–H groups in total. The molecule has 1 aliphatic heterocycles. The first-order valence-corrected chi connectivity index (χ1v) is 10.4. The van der Waals surface area contributed by atoms with E-state index >= 15 is 0 Å². The van der Waals surface area contributed by atoms with Crippen LogP contribution in [0.2, 0.25) is 0 Å². The maximum Gasteiger partial charge on any atom is 0.321 e. The van der Waals surface area contributed by atoms with E-state index in [-0.39, 0.29) is 6.61 Å². The van der Waals surface area contributed by atoms with Crippen LogP contribution in [0.25, 0.3) is 0 Å². The summed E-state index contributed by atoms with van der Waals surface area (Å²) in [6, 6.07) is 13.4. The van der Waals surface area contributed by atoms with Gasteiger partial charge in [-0.1, -0.05) is 18.2 Å². The molecule has 0 unspecified atom stereocenters. The van der Waals surface area contributed by atoms with Gasteiger partial charge in [-0.2, -0.15) is 0 Å². The second kappa shape index (κ2) is 9.49. The Labute approximate surface area is 180 Å². The third kappa shape index (κ3) is 5.42. The first-order chi connectivity index (χ1) is 15.0. The van der Waals surface area contributed by atoms with Crippen molar-refractivity contribution in [2.24, 2.45) is 5.41 Å². The largest absolute Gasteiger partial charge is 0.424 e. The van der Waals surface area contributed by atoms with Gasteiger partial charge in [0.1, 0.15) is 17.4 Å². The highest BCUT2D eigenvalue weighted by molar-refractivity contribution is 5.29. The van der Waals surface area contributed by atoms with Gasteiger partial charge < -0.3 is 9.84 Å². The van der Waals surface area contributed by atoms with E-state index in [0.29, 0.717) is 30.3 Å². The van der Waals surface area contributed by atoms with Gasteiger partial charge in [-0.3, -0.25) is 4.90 Å². The molecule has 1 atom stereocenters. The first-order valence-electron chi connectivity index (χ1n) is 10.4. The molecule has 0 spiro atoms. The van der Waals surface area contributed by atoms with E-state index in [0.717, 1.165) is 37.6 Å². The summed E-state index contributed by atoms with van der Waals surface area (Å²) in [6.45, 7) is 2.24. The van der Waals surface area contributed by atoms with Crippen molar-refractivity contribution in [2.45, 2.75) is 25.8 Å². The minimum atomic E-state index is -0.587. The lowest BCUT2D eigenvalue weighted by molar-refractivity contribution is 0.0282. The number of halogens is 2. The molecule has 4 rings (SSSR count). The average molecular weight is 425 g/mol. The lowest BCUT2D eigenvalue weighted by Crippen LogP contribution is -2.46. The van der Waals surface area contributed by atoms with Crippen LogP contribution in [0.5, 0.6) is 11.8 Å². The molecule has 31 heavy (non-hydrogen) atoms. The molecule has 0 bridgehead atoms. The Hall–Kier alpha value is -2.90. The van der Waals surface area contributed by atoms with Gasteiger partial charge in [0.2, 0.25) is 0 Å². The number of aliphatic hydroxyl groups is 1. The summed E-state index contributed by atoms with van der Waals surface area (Å²) in [7, 11) is 0. The Bertz CT molecular complexity index is 1000. The summed E-state index contributed by atoms with van der Waals surface area (Å²) < 4.78 is 33.1. The number of rotatable bonds is 7. The van der Waals surface area contributed by atoms with E-state index in [2.05, 4.69) is 14.9 Å². The number of ether oxygens (including phenoxy) is 1. The SMILES string of the molecule is OC[C@]1(Cc2ccc(F)cc2F)CCCN(Cc2ccc(Oc3ncccn3)cc2)C1. The summed E-state index contributed by atoms with van der Waals surface area (Å²) >= 11 is 0. The first kappa shape index (κ1) is 21.3. The summed E-state index contributed by atoms with van der Waals surface area (Å²) in [5, 5.41) is 10.2. The Morgan fingerprint density at radius 3 is 2.55 bits per heavy atom. The summed E-state index contributed by atoms with van der Waals surface area (Å²) in [5.41, 5.74) is 1.12. The van der Waals surface area contributed by atoms with Gasteiger partial charge in [-0.25, -0.2) is 18.7 Å². The Morgan fingerprint density at radius 2 is 1.84 bits per heavy atom. The van der Waals surface area contributed by atoms with Crippen LogP contribution in [0.3, 0.4) is 0 Å². The number of likely N-dealkylation sites (tertiary alicyclic amines) is 1. The molecule has 0 aliphatic carbocycles. The summed E-state index contributed by atoms with van der Waals surface area (Å²) in [4.78, 5) is 10.4. The quantitative estimate of drug-likeness (QED) is 0.609. The Balaban J connectivity index is 1.40. The number of aromatic nitrogens is 2. The van der Waals surface area contributed by atoms with Crippen molar-refractivity contribution >= 4 is 0 Å². The van der Waals surface area contributed by atoms with E-state index in [4.69, 9.17) is 4.74 Å². The monoisotopic (exact) mass is 425 g/mol.